The molecule has 0 saturated carbocycles. The number of ether oxygens (including phenoxy) is 1. The van der Waals surface area contributed by atoms with Crippen molar-refractivity contribution in [2.24, 2.45) is 0 Å². The Labute approximate surface area is 128 Å². The molecule has 0 radical (unpaired) electrons. The van der Waals surface area contributed by atoms with Crippen LogP contribution in [0.5, 0.6) is 0 Å². The molecule has 0 fully saturated rings. The van der Waals surface area contributed by atoms with E-state index in [-0.39, 0.29) is 23.2 Å². The van der Waals surface area contributed by atoms with Gasteiger partial charge in [0.1, 0.15) is 17.3 Å². The number of aromatic nitrogens is 2. The van der Waals surface area contributed by atoms with Crippen molar-refractivity contribution in [3.8, 4) is 12.3 Å². The molecule has 0 bridgehead atoms. The summed E-state index contributed by atoms with van der Waals surface area (Å²) in [6.07, 6.45) is 6.76. The van der Waals surface area contributed by atoms with Gasteiger partial charge in [-0.25, -0.2) is 17.7 Å². The van der Waals surface area contributed by atoms with Gasteiger partial charge in [-0.05, 0) is 31.9 Å². The maximum atomic E-state index is 12.9. The third-order valence-electron chi connectivity index (χ3n) is 3.08. The summed E-state index contributed by atoms with van der Waals surface area (Å²) in [6.45, 7) is 3.19. The second kappa shape index (κ2) is 6.17. The summed E-state index contributed by atoms with van der Waals surface area (Å²) < 4.78 is 36.9. The zero-order valence-corrected chi connectivity index (χ0v) is 13.2. The van der Waals surface area contributed by atoms with Crippen molar-refractivity contribution in [2.45, 2.75) is 18.7 Å². The van der Waals surface area contributed by atoms with Crippen LogP contribution in [0.2, 0.25) is 0 Å². The highest BCUT2D eigenvalue weighted by Gasteiger charge is 2.31. The molecule has 2 rings (SSSR count). The Hall–Kier alpha value is -2.37. The number of nitrogens with zero attached hydrogens (tertiary/aromatic N) is 3. The van der Waals surface area contributed by atoms with Gasteiger partial charge in [0, 0.05) is 18.9 Å². The first kappa shape index (κ1) is 16.0. The largest absolute Gasteiger partial charge is 0.363 e. The molecule has 0 aliphatic heterocycles. The molecular weight excluding hydrogens is 306 g/mol. The first-order chi connectivity index (χ1) is 10.4. The lowest BCUT2D eigenvalue weighted by molar-refractivity contribution is 0.205. The van der Waals surface area contributed by atoms with E-state index in [0.717, 1.165) is 4.31 Å². The van der Waals surface area contributed by atoms with E-state index in [4.69, 9.17) is 15.7 Å². The fourth-order valence-electron chi connectivity index (χ4n) is 1.82. The Morgan fingerprint density at radius 3 is 2.73 bits per heavy atom. The lowest BCUT2D eigenvalue weighted by Gasteiger charge is -2.21. The van der Waals surface area contributed by atoms with E-state index < -0.39 is 10.0 Å². The van der Waals surface area contributed by atoms with Gasteiger partial charge in [-0.2, -0.15) is 0 Å². The number of pyridine rings is 1. The third kappa shape index (κ3) is 2.68. The summed E-state index contributed by atoms with van der Waals surface area (Å²) in [4.78, 5) is 3.80. The number of aryl methyl sites for hydroxylation is 1. The van der Waals surface area contributed by atoms with Crippen LogP contribution in [0.25, 0.3) is 0 Å². The van der Waals surface area contributed by atoms with E-state index in [1.807, 2.05) is 0 Å². The molecule has 0 aromatic carbocycles. The van der Waals surface area contributed by atoms with Gasteiger partial charge in [0.15, 0.2) is 0 Å². The molecule has 0 N–H and O–H groups in total. The van der Waals surface area contributed by atoms with Gasteiger partial charge in [-0.1, -0.05) is 5.16 Å². The number of terminal acetylenes is 1. The zero-order valence-electron chi connectivity index (χ0n) is 12.4. The van der Waals surface area contributed by atoms with Crippen LogP contribution in [0.1, 0.15) is 17.0 Å². The summed E-state index contributed by atoms with van der Waals surface area (Å²) in [5.41, 5.74) is 1.22. The average Bonchev–Trinajstić information content (AvgIpc) is 2.84. The molecule has 2 aromatic heterocycles. The quantitative estimate of drug-likeness (QED) is 0.612. The maximum absolute atomic E-state index is 12.9. The second-order valence-electron chi connectivity index (χ2n) is 4.46. The van der Waals surface area contributed by atoms with Crippen molar-refractivity contribution in [3.05, 3.63) is 35.3 Å². The Balaban J connectivity index is 2.62. The summed E-state index contributed by atoms with van der Waals surface area (Å²) in [6, 6.07) is 2.88. The van der Waals surface area contributed by atoms with Crippen molar-refractivity contribution < 1.29 is 17.7 Å². The molecule has 0 aliphatic rings. The first-order valence-electron chi connectivity index (χ1n) is 6.29. The number of methoxy groups -OCH3 is 1. The van der Waals surface area contributed by atoms with Crippen LogP contribution in [0.3, 0.4) is 0 Å². The fourth-order valence-corrected chi connectivity index (χ4v) is 3.29. The molecular formula is C14H15N3O4S. The Bertz CT molecular complexity index is 821. The standard InChI is InChI=1S/C14H15N3O4S/c1-5-12-13(7-6-8-15-12)22(18,19)17(9-20-4)14-10(2)11(3)16-21-14/h1,6-8H,9H2,2-4H3. The SMILES string of the molecule is C#Cc1ncccc1S(=O)(=O)N(COC)c1onc(C)c1C. The van der Waals surface area contributed by atoms with Gasteiger partial charge < -0.3 is 9.26 Å². The summed E-state index contributed by atoms with van der Waals surface area (Å²) >= 11 is 0. The van der Waals surface area contributed by atoms with E-state index in [2.05, 4.69) is 16.1 Å². The van der Waals surface area contributed by atoms with Crippen molar-refractivity contribution in [3.63, 3.8) is 0 Å². The molecule has 2 aromatic rings. The topological polar surface area (TPSA) is 85.5 Å². The van der Waals surface area contributed by atoms with E-state index in [1.165, 1.54) is 25.4 Å². The average molecular weight is 321 g/mol. The van der Waals surface area contributed by atoms with Crippen LogP contribution in [-0.4, -0.2) is 32.4 Å². The van der Waals surface area contributed by atoms with Gasteiger partial charge in [0.25, 0.3) is 10.0 Å². The van der Waals surface area contributed by atoms with Crippen LogP contribution < -0.4 is 4.31 Å². The van der Waals surface area contributed by atoms with Crippen LogP contribution in [0.15, 0.2) is 27.7 Å². The van der Waals surface area contributed by atoms with Gasteiger partial charge in [-0.3, -0.25) is 0 Å². The third-order valence-corrected chi connectivity index (χ3v) is 4.82. The van der Waals surface area contributed by atoms with Crippen LogP contribution >= 0.6 is 0 Å². The van der Waals surface area contributed by atoms with Crippen LogP contribution in [0.4, 0.5) is 5.88 Å². The van der Waals surface area contributed by atoms with Crippen molar-refractivity contribution in [2.75, 3.05) is 18.1 Å². The van der Waals surface area contributed by atoms with Crippen molar-refractivity contribution in [1.82, 2.24) is 10.1 Å². The number of rotatable bonds is 5. The maximum Gasteiger partial charge on any atom is 0.271 e. The van der Waals surface area contributed by atoms with Gasteiger partial charge in [0.05, 0.1) is 5.69 Å². The monoisotopic (exact) mass is 321 g/mol. The number of anilines is 1. The van der Waals surface area contributed by atoms with E-state index in [9.17, 15) is 8.42 Å². The predicted molar refractivity (Wildman–Crippen MR) is 79.7 cm³/mol. The van der Waals surface area contributed by atoms with Gasteiger partial charge in [-0.15, -0.1) is 6.42 Å². The van der Waals surface area contributed by atoms with E-state index in [0.29, 0.717) is 11.3 Å². The van der Waals surface area contributed by atoms with Crippen molar-refractivity contribution in [1.29, 1.82) is 0 Å². The smallest absolute Gasteiger partial charge is 0.271 e. The Morgan fingerprint density at radius 1 is 1.45 bits per heavy atom. The van der Waals surface area contributed by atoms with Crippen LogP contribution in [-0.2, 0) is 14.8 Å². The summed E-state index contributed by atoms with van der Waals surface area (Å²) in [5, 5.41) is 3.78. The van der Waals surface area contributed by atoms with E-state index in [1.54, 1.807) is 13.8 Å². The predicted octanol–water partition coefficient (Wildman–Crippen LogP) is 1.47. The van der Waals surface area contributed by atoms with Gasteiger partial charge >= 0.3 is 0 Å². The molecule has 2 heterocycles. The fraction of sp³-hybridized carbons (Fsp3) is 0.286. The highest BCUT2D eigenvalue weighted by Crippen LogP contribution is 2.29. The summed E-state index contributed by atoms with van der Waals surface area (Å²) in [5.74, 6) is 2.36. The number of hydrogen-bond donors (Lipinski definition) is 0. The minimum Gasteiger partial charge on any atom is -0.363 e. The molecule has 116 valence electrons. The number of sulfonamides is 1. The normalized spacial score (nSPS) is 11.2. The lowest BCUT2D eigenvalue weighted by Crippen LogP contribution is -2.33. The molecule has 0 saturated heterocycles. The number of hydrogen-bond acceptors (Lipinski definition) is 6. The Kier molecular flexibility index (Phi) is 4.49. The highest BCUT2D eigenvalue weighted by atomic mass is 32.2. The van der Waals surface area contributed by atoms with Gasteiger partial charge in [0.2, 0.25) is 5.88 Å². The molecule has 7 nitrogen and oxygen atoms in total. The molecule has 0 unspecified atom stereocenters. The Morgan fingerprint density at radius 2 is 2.18 bits per heavy atom. The first-order valence-corrected chi connectivity index (χ1v) is 7.73. The second-order valence-corrected chi connectivity index (χ2v) is 6.29. The van der Waals surface area contributed by atoms with E-state index >= 15 is 0 Å². The zero-order chi connectivity index (χ0) is 16.3. The van der Waals surface area contributed by atoms with Crippen molar-refractivity contribution >= 4 is 15.9 Å². The van der Waals surface area contributed by atoms with Crippen LogP contribution in [0, 0.1) is 26.2 Å². The molecule has 0 spiro atoms. The molecule has 8 heteroatoms. The lowest BCUT2D eigenvalue weighted by atomic mass is 10.3. The molecule has 0 amide bonds. The molecule has 0 aliphatic carbocycles. The molecule has 22 heavy (non-hydrogen) atoms. The summed E-state index contributed by atoms with van der Waals surface area (Å²) in [7, 11) is -2.62. The highest BCUT2D eigenvalue weighted by molar-refractivity contribution is 7.92. The minimum absolute atomic E-state index is 0.0255. The minimum atomic E-state index is -4.00. The molecule has 0 atom stereocenters.